The van der Waals surface area contributed by atoms with Crippen molar-refractivity contribution >= 4 is 40.2 Å². The summed E-state index contributed by atoms with van der Waals surface area (Å²) in [6.45, 7) is 1.10. The number of aromatic nitrogens is 5. The molecule has 0 radical (unpaired) electrons. The predicted octanol–water partition coefficient (Wildman–Crippen LogP) is 5.07. The summed E-state index contributed by atoms with van der Waals surface area (Å²) in [6, 6.07) is 9.46. The van der Waals surface area contributed by atoms with Crippen LogP contribution in [-0.2, 0) is 17.8 Å². The molecule has 8 rings (SSSR count). The normalized spacial score (nSPS) is 24.1. The van der Waals surface area contributed by atoms with Crippen molar-refractivity contribution in [2.24, 2.45) is 17.8 Å². The number of H-pyrrole nitrogens is 1. The van der Waals surface area contributed by atoms with Crippen LogP contribution in [0.5, 0.6) is 0 Å². The molecule has 1 aromatic carbocycles. The van der Waals surface area contributed by atoms with E-state index in [1.165, 1.54) is 11.8 Å². The van der Waals surface area contributed by atoms with Crippen LogP contribution in [0.1, 0.15) is 36.8 Å². The van der Waals surface area contributed by atoms with Crippen molar-refractivity contribution in [2.75, 3.05) is 16.8 Å². The topological polar surface area (TPSA) is 120 Å². The van der Waals surface area contributed by atoms with Gasteiger partial charge in [-0.1, -0.05) is 35.9 Å². The first-order chi connectivity index (χ1) is 19.0. The Morgan fingerprint density at radius 3 is 2.69 bits per heavy atom. The van der Waals surface area contributed by atoms with E-state index in [2.05, 4.69) is 36.5 Å². The summed E-state index contributed by atoms with van der Waals surface area (Å²) >= 11 is 6.22. The van der Waals surface area contributed by atoms with Gasteiger partial charge in [0.2, 0.25) is 5.82 Å². The van der Waals surface area contributed by atoms with Crippen LogP contribution in [0.3, 0.4) is 0 Å². The van der Waals surface area contributed by atoms with Crippen LogP contribution in [0, 0.1) is 23.6 Å². The molecule has 11 heteroatoms. The van der Waals surface area contributed by atoms with Gasteiger partial charge in [-0.15, -0.1) is 0 Å². The highest BCUT2D eigenvalue weighted by Crippen LogP contribution is 2.47. The lowest BCUT2D eigenvalue weighted by Crippen LogP contribution is -2.51. The van der Waals surface area contributed by atoms with Gasteiger partial charge in [0.05, 0.1) is 16.3 Å². The van der Waals surface area contributed by atoms with E-state index in [4.69, 9.17) is 11.6 Å². The maximum absolute atomic E-state index is 16.3. The lowest BCUT2D eigenvalue weighted by Gasteiger charge is -2.47. The molecule has 0 saturated heterocycles. The summed E-state index contributed by atoms with van der Waals surface area (Å²) in [6.07, 6.45) is 5.91. The third-order valence-electron chi connectivity index (χ3n) is 8.67. The molecule has 4 aromatic rings. The van der Waals surface area contributed by atoms with E-state index in [9.17, 15) is 9.90 Å². The monoisotopic (exact) mass is 547 g/mol. The molecule has 1 aliphatic heterocycles. The van der Waals surface area contributed by atoms with E-state index in [0.29, 0.717) is 34.8 Å². The third kappa shape index (κ3) is 4.17. The Labute approximate surface area is 228 Å². The molecule has 2 bridgehead atoms. The number of hydrogen-bond donors (Lipinski definition) is 3. The third-order valence-corrected chi connectivity index (χ3v) is 8.88. The van der Waals surface area contributed by atoms with Crippen molar-refractivity contribution in [3.63, 3.8) is 0 Å². The van der Waals surface area contributed by atoms with Crippen LogP contribution < -0.4 is 10.2 Å². The number of fused-ring (bicyclic) bond motifs is 5. The predicted molar refractivity (Wildman–Crippen MR) is 145 cm³/mol. The van der Waals surface area contributed by atoms with E-state index in [1.807, 2.05) is 23.1 Å². The molecule has 0 spiro atoms. The first kappa shape index (κ1) is 24.3. The number of rotatable bonds is 5. The van der Waals surface area contributed by atoms with Gasteiger partial charge in [0, 0.05) is 25.3 Å². The highest BCUT2D eigenvalue weighted by molar-refractivity contribution is 6.31. The average molecular weight is 548 g/mol. The molecule has 4 heterocycles. The SMILES string of the molecule is O=C(O)[C@H]1C2CCC(CC2)[C@@H]1Nc1nc(-c2[nH]nc3ncc(Cl)cc23)nc(N2CCc3ccccc3C2)c1F. The summed E-state index contributed by atoms with van der Waals surface area (Å²) in [7, 11) is 0. The largest absolute Gasteiger partial charge is 0.481 e. The molecule has 3 fully saturated rings. The Hall–Kier alpha value is -3.79. The van der Waals surface area contributed by atoms with Gasteiger partial charge in [0.25, 0.3) is 0 Å². The lowest BCUT2D eigenvalue weighted by atomic mass is 9.61. The Kier molecular flexibility index (Phi) is 5.88. The van der Waals surface area contributed by atoms with E-state index >= 15 is 4.39 Å². The van der Waals surface area contributed by atoms with Crippen molar-refractivity contribution in [3.05, 3.63) is 58.5 Å². The first-order valence-electron chi connectivity index (χ1n) is 13.3. The number of benzene rings is 1. The molecular formula is C28H27ClFN7O2. The van der Waals surface area contributed by atoms with Crippen LogP contribution in [-0.4, -0.2) is 48.8 Å². The smallest absolute Gasteiger partial charge is 0.308 e. The van der Waals surface area contributed by atoms with Crippen molar-refractivity contribution < 1.29 is 14.3 Å². The van der Waals surface area contributed by atoms with Gasteiger partial charge in [-0.3, -0.25) is 9.89 Å². The summed E-state index contributed by atoms with van der Waals surface area (Å²) < 4.78 is 16.3. The van der Waals surface area contributed by atoms with Crippen LogP contribution in [0.4, 0.5) is 16.0 Å². The van der Waals surface area contributed by atoms with Gasteiger partial charge >= 0.3 is 5.97 Å². The van der Waals surface area contributed by atoms with E-state index < -0.39 is 23.7 Å². The fourth-order valence-electron chi connectivity index (χ4n) is 6.74. The molecule has 3 saturated carbocycles. The highest BCUT2D eigenvalue weighted by Gasteiger charge is 2.47. The van der Waals surface area contributed by atoms with Crippen LogP contribution >= 0.6 is 11.6 Å². The Morgan fingerprint density at radius 1 is 1.13 bits per heavy atom. The number of carboxylic acids is 1. The first-order valence-corrected chi connectivity index (χ1v) is 13.7. The molecule has 0 unspecified atom stereocenters. The Morgan fingerprint density at radius 2 is 1.90 bits per heavy atom. The second kappa shape index (κ2) is 9.44. The lowest BCUT2D eigenvalue weighted by molar-refractivity contribution is -0.148. The highest BCUT2D eigenvalue weighted by atomic mass is 35.5. The second-order valence-electron chi connectivity index (χ2n) is 10.8. The van der Waals surface area contributed by atoms with Gasteiger partial charge in [-0.2, -0.15) is 9.49 Å². The number of nitrogens with zero attached hydrogens (tertiary/aromatic N) is 5. The van der Waals surface area contributed by atoms with Crippen molar-refractivity contribution in [3.8, 4) is 11.5 Å². The van der Waals surface area contributed by atoms with Gasteiger partial charge in [-0.05, 0) is 61.1 Å². The van der Waals surface area contributed by atoms with E-state index in [0.717, 1.165) is 37.7 Å². The van der Waals surface area contributed by atoms with Crippen molar-refractivity contribution in [1.82, 2.24) is 25.1 Å². The fourth-order valence-corrected chi connectivity index (χ4v) is 6.90. The molecule has 2 atom stereocenters. The Balaban J connectivity index is 1.34. The average Bonchev–Trinajstić information content (AvgIpc) is 3.37. The van der Waals surface area contributed by atoms with Crippen molar-refractivity contribution in [2.45, 2.75) is 44.7 Å². The second-order valence-corrected chi connectivity index (χ2v) is 11.2. The number of halogens is 2. The standard InChI is InChI=1S/C28H27ClFN7O2/c29-18-11-19-23(35-36-24(19)31-12-18)26-33-25(32-22-16-7-5-15(6-8-16)20(22)28(38)39)21(30)27(34-26)37-10-9-14-3-1-2-4-17(14)13-37/h1-4,11-12,15-16,20,22H,5-10,13H2,(H,38,39)(H,31,35,36)(H,32,33,34)/t15?,16?,20-,22-/m0/s1. The van der Waals surface area contributed by atoms with Crippen LogP contribution in [0.25, 0.3) is 22.6 Å². The maximum Gasteiger partial charge on any atom is 0.308 e. The number of aliphatic carboxylic acids is 1. The molecule has 39 heavy (non-hydrogen) atoms. The summed E-state index contributed by atoms with van der Waals surface area (Å²) in [5.41, 5.74) is 3.28. The summed E-state index contributed by atoms with van der Waals surface area (Å²) in [5, 5.41) is 21.6. The molecule has 3 aromatic heterocycles. The van der Waals surface area contributed by atoms with Gasteiger partial charge in [0.15, 0.2) is 23.1 Å². The quantitative estimate of drug-likeness (QED) is 0.317. The summed E-state index contributed by atoms with van der Waals surface area (Å²) in [5.74, 6) is -1.36. The molecule has 9 nitrogen and oxygen atoms in total. The van der Waals surface area contributed by atoms with Crippen molar-refractivity contribution in [1.29, 1.82) is 0 Å². The number of carboxylic acid groups (broad SMARTS) is 1. The molecular weight excluding hydrogens is 521 g/mol. The maximum atomic E-state index is 16.3. The minimum Gasteiger partial charge on any atom is -0.481 e. The minimum absolute atomic E-state index is 0.00963. The van der Waals surface area contributed by atoms with E-state index in [-0.39, 0.29) is 29.3 Å². The number of pyridine rings is 1. The number of aromatic amines is 1. The zero-order valence-electron chi connectivity index (χ0n) is 21.1. The Bertz CT molecular complexity index is 1590. The molecule has 200 valence electrons. The number of nitrogens with one attached hydrogen (secondary N) is 2. The van der Waals surface area contributed by atoms with Gasteiger partial charge in [0.1, 0.15) is 5.69 Å². The van der Waals surface area contributed by atoms with Crippen LogP contribution in [0.2, 0.25) is 5.02 Å². The van der Waals surface area contributed by atoms with Crippen LogP contribution in [0.15, 0.2) is 36.5 Å². The number of hydrogen-bond acceptors (Lipinski definition) is 7. The zero-order chi connectivity index (χ0) is 26.7. The fraction of sp³-hybridized carbons (Fsp3) is 0.393. The number of anilines is 2. The van der Waals surface area contributed by atoms with Gasteiger partial charge in [-0.25, -0.2) is 15.0 Å². The number of carbonyl (C=O) groups is 1. The minimum atomic E-state index is -0.843. The summed E-state index contributed by atoms with van der Waals surface area (Å²) in [4.78, 5) is 27.8. The molecule has 3 aliphatic carbocycles. The van der Waals surface area contributed by atoms with E-state index in [1.54, 1.807) is 6.07 Å². The molecule has 0 amide bonds. The molecule has 4 aliphatic rings. The molecule has 3 N–H and O–H groups in total. The zero-order valence-corrected chi connectivity index (χ0v) is 21.8. The van der Waals surface area contributed by atoms with Gasteiger partial charge < -0.3 is 15.3 Å².